The number of alkyl halides is 1. The van der Waals surface area contributed by atoms with Crippen molar-refractivity contribution in [2.75, 3.05) is 32.5 Å². The molecule has 2 aromatic heterocycles. The first-order valence-corrected chi connectivity index (χ1v) is 13.6. The number of ether oxygens (including phenoxy) is 2. The van der Waals surface area contributed by atoms with Gasteiger partial charge < -0.3 is 24.6 Å². The molecule has 13 heteroatoms. The zero-order valence-corrected chi connectivity index (χ0v) is 24.1. The van der Waals surface area contributed by atoms with Gasteiger partial charge >= 0.3 is 6.09 Å². The molecule has 0 aliphatic carbocycles. The van der Waals surface area contributed by atoms with Crippen LogP contribution < -0.4 is 10.1 Å². The lowest BCUT2D eigenvalue weighted by Crippen LogP contribution is -2.51. The SMILES string of the molecule is Cc1nc(Oc2ccc(/N=C/N(C)C)cc2F)c(-c2ccnc(N[C@H]3C[C@H](F)CN(C(=O)OC(C)(C)C)C3)n2)s1. The van der Waals surface area contributed by atoms with E-state index in [1.165, 1.54) is 28.4 Å². The van der Waals surface area contributed by atoms with Gasteiger partial charge in [0.25, 0.3) is 0 Å². The van der Waals surface area contributed by atoms with Gasteiger partial charge in [-0.25, -0.2) is 33.5 Å². The number of carbonyl (C=O) groups is 1. The van der Waals surface area contributed by atoms with Gasteiger partial charge in [0, 0.05) is 45.4 Å². The number of carbonyl (C=O) groups excluding carboxylic acids is 1. The Morgan fingerprint density at radius 1 is 1.25 bits per heavy atom. The molecule has 1 aliphatic heterocycles. The van der Waals surface area contributed by atoms with Crippen molar-refractivity contribution in [3.63, 3.8) is 0 Å². The quantitative estimate of drug-likeness (QED) is 0.279. The molecule has 0 spiro atoms. The number of rotatable bonds is 7. The molecule has 3 heterocycles. The van der Waals surface area contributed by atoms with Crippen LogP contribution in [0.4, 0.5) is 25.2 Å². The van der Waals surface area contributed by atoms with Gasteiger partial charge in [-0.05, 0) is 45.9 Å². The molecule has 2 atom stereocenters. The highest BCUT2D eigenvalue weighted by molar-refractivity contribution is 7.15. The Morgan fingerprint density at radius 2 is 2.02 bits per heavy atom. The molecule has 10 nitrogen and oxygen atoms in total. The number of aryl methyl sites for hydroxylation is 1. The van der Waals surface area contributed by atoms with Crippen molar-refractivity contribution in [1.29, 1.82) is 0 Å². The third-order valence-corrected chi connectivity index (χ3v) is 6.51. The molecule has 1 fully saturated rings. The van der Waals surface area contributed by atoms with Crippen LogP contribution in [0, 0.1) is 12.7 Å². The summed E-state index contributed by atoms with van der Waals surface area (Å²) < 4.78 is 40.6. The molecule has 1 amide bonds. The standard InChI is InChI=1S/C27H33F2N7O3S/c1-16-32-24(38-22-8-7-18(12-20(22)29)31-15-35(5)6)23(40-16)21-9-10-30-25(34-21)33-19-11-17(28)13-36(14-19)26(37)39-27(2,3)4/h7-10,12,15,17,19H,11,13-14H2,1-6H3,(H,30,33,34)/b31-15+/t17-,19-/m0/s1. The van der Waals surface area contributed by atoms with Crippen LogP contribution in [-0.4, -0.2) is 82.2 Å². The molecule has 0 saturated carbocycles. The van der Waals surface area contributed by atoms with Crippen LogP contribution in [0.1, 0.15) is 32.2 Å². The molecular formula is C27H33F2N7O3S. The summed E-state index contributed by atoms with van der Waals surface area (Å²) in [5.41, 5.74) is 0.267. The Kier molecular flexibility index (Phi) is 8.82. The van der Waals surface area contributed by atoms with Crippen molar-refractivity contribution < 1.29 is 23.0 Å². The maximum absolute atomic E-state index is 14.8. The number of aromatic nitrogens is 3. The molecule has 0 unspecified atom stereocenters. The van der Waals surface area contributed by atoms with E-state index in [1.807, 2.05) is 21.0 Å². The molecule has 0 radical (unpaired) electrons. The normalized spacial score (nSPS) is 17.6. The van der Waals surface area contributed by atoms with Gasteiger partial charge in [-0.1, -0.05) is 0 Å². The van der Waals surface area contributed by atoms with E-state index in [-0.39, 0.29) is 37.1 Å². The van der Waals surface area contributed by atoms with Gasteiger partial charge in [-0.15, -0.1) is 11.3 Å². The minimum Gasteiger partial charge on any atom is -0.444 e. The van der Waals surface area contributed by atoms with E-state index in [0.717, 1.165) is 0 Å². The number of likely N-dealkylation sites (tertiary alicyclic amines) is 1. The summed E-state index contributed by atoms with van der Waals surface area (Å²) in [7, 11) is 3.65. The monoisotopic (exact) mass is 573 g/mol. The van der Waals surface area contributed by atoms with E-state index in [9.17, 15) is 13.6 Å². The predicted molar refractivity (Wildman–Crippen MR) is 151 cm³/mol. The van der Waals surface area contributed by atoms with Gasteiger partial charge in [0.15, 0.2) is 11.6 Å². The first-order chi connectivity index (χ1) is 18.9. The number of hydrogen-bond donors (Lipinski definition) is 1. The number of nitrogens with one attached hydrogen (secondary N) is 1. The van der Waals surface area contributed by atoms with Crippen LogP contribution in [0.25, 0.3) is 10.6 Å². The van der Waals surface area contributed by atoms with Crippen LogP contribution in [0.2, 0.25) is 0 Å². The molecule has 4 rings (SSSR count). The van der Waals surface area contributed by atoms with Crippen LogP contribution >= 0.6 is 11.3 Å². The largest absolute Gasteiger partial charge is 0.444 e. The number of anilines is 1. The second-order valence-corrected chi connectivity index (χ2v) is 11.8. The van der Waals surface area contributed by atoms with Crippen LogP contribution in [0.3, 0.4) is 0 Å². The summed E-state index contributed by atoms with van der Waals surface area (Å²) in [6.45, 7) is 7.31. The first-order valence-electron chi connectivity index (χ1n) is 12.7. The Labute approximate surface area is 236 Å². The summed E-state index contributed by atoms with van der Waals surface area (Å²) in [6, 6.07) is 5.69. The topological polar surface area (TPSA) is 105 Å². The van der Waals surface area contributed by atoms with E-state index in [4.69, 9.17) is 9.47 Å². The fraction of sp³-hybridized carbons (Fsp3) is 0.444. The average Bonchev–Trinajstić information content (AvgIpc) is 3.23. The summed E-state index contributed by atoms with van der Waals surface area (Å²) in [6.07, 6.45) is 1.54. The third-order valence-electron chi connectivity index (χ3n) is 5.54. The van der Waals surface area contributed by atoms with Crippen LogP contribution in [0.15, 0.2) is 35.5 Å². The van der Waals surface area contributed by atoms with Crippen molar-refractivity contribution in [3.05, 3.63) is 41.3 Å². The highest BCUT2D eigenvalue weighted by Gasteiger charge is 2.33. The zero-order valence-electron chi connectivity index (χ0n) is 23.3. The maximum atomic E-state index is 14.8. The van der Waals surface area contributed by atoms with Crippen LogP contribution in [-0.2, 0) is 4.74 Å². The average molecular weight is 574 g/mol. The van der Waals surface area contributed by atoms with E-state index < -0.39 is 29.7 Å². The van der Waals surface area contributed by atoms with Gasteiger partial charge in [0.2, 0.25) is 11.8 Å². The lowest BCUT2D eigenvalue weighted by atomic mass is 10.0. The molecule has 1 aromatic carbocycles. The number of aliphatic imine (C=N–C) groups is 1. The molecule has 1 saturated heterocycles. The van der Waals surface area contributed by atoms with Crippen molar-refractivity contribution >= 4 is 35.4 Å². The molecule has 40 heavy (non-hydrogen) atoms. The number of amides is 1. The minimum absolute atomic E-state index is 0.00110. The number of hydrogen-bond acceptors (Lipinski definition) is 9. The Morgan fingerprint density at radius 3 is 2.73 bits per heavy atom. The maximum Gasteiger partial charge on any atom is 0.410 e. The summed E-state index contributed by atoms with van der Waals surface area (Å²) in [4.78, 5) is 33.7. The second kappa shape index (κ2) is 12.1. The summed E-state index contributed by atoms with van der Waals surface area (Å²) in [5.74, 6) is -0.121. The van der Waals surface area contributed by atoms with Crippen molar-refractivity contribution in [1.82, 2.24) is 24.8 Å². The molecule has 214 valence electrons. The van der Waals surface area contributed by atoms with E-state index >= 15 is 0 Å². The fourth-order valence-electron chi connectivity index (χ4n) is 3.93. The van der Waals surface area contributed by atoms with Gasteiger partial charge in [-0.3, -0.25) is 0 Å². The summed E-state index contributed by atoms with van der Waals surface area (Å²) >= 11 is 1.34. The summed E-state index contributed by atoms with van der Waals surface area (Å²) in [5, 5.41) is 3.84. The Hall–Kier alpha value is -3.87. The lowest BCUT2D eigenvalue weighted by molar-refractivity contribution is 0.0124. The Bertz CT molecular complexity index is 1380. The number of nitrogens with zero attached hydrogens (tertiary/aromatic N) is 6. The number of halogens is 2. The zero-order chi connectivity index (χ0) is 29.0. The first kappa shape index (κ1) is 29.1. The number of thiazole rings is 1. The highest BCUT2D eigenvalue weighted by Crippen LogP contribution is 2.38. The predicted octanol–water partition coefficient (Wildman–Crippen LogP) is 5.82. The van der Waals surface area contributed by atoms with Crippen molar-refractivity contribution in [2.45, 2.75) is 51.9 Å². The molecule has 3 aromatic rings. The smallest absolute Gasteiger partial charge is 0.410 e. The molecule has 1 aliphatic rings. The minimum atomic E-state index is -1.22. The molecule has 0 bridgehead atoms. The number of benzene rings is 1. The van der Waals surface area contributed by atoms with Gasteiger partial charge in [0.1, 0.15) is 16.6 Å². The van der Waals surface area contributed by atoms with E-state index in [1.54, 1.807) is 50.3 Å². The van der Waals surface area contributed by atoms with Crippen molar-refractivity contribution in [2.24, 2.45) is 4.99 Å². The van der Waals surface area contributed by atoms with Crippen molar-refractivity contribution in [3.8, 4) is 22.2 Å². The third kappa shape index (κ3) is 7.84. The lowest BCUT2D eigenvalue weighted by Gasteiger charge is -2.36. The van der Waals surface area contributed by atoms with E-state index in [2.05, 4.69) is 25.3 Å². The molecular weight excluding hydrogens is 540 g/mol. The van der Waals surface area contributed by atoms with Gasteiger partial charge in [0.05, 0.1) is 29.3 Å². The number of piperidine rings is 1. The second-order valence-electron chi connectivity index (χ2n) is 10.6. The molecule has 1 N–H and O–H groups in total. The highest BCUT2D eigenvalue weighted by atomic mass is 32.1. The van der Waals surface area contributed by atoms with Crippen LogP contribution in [0.5, 0.6) is 11.6 Å². The fourth-order valence-corrected chi connectivity index (χ4v) is 4.75. The Balaban J connectivity index is 1.50. The van der Waals surface area contributed by atoms with E-state index in [0.29, 0.717) is 21.3 Å². The van der Waals surface area contributed by atoms with Gasteiger partial charge in [-0.2, -0.15) is 0 Å².